The first-order valence-electron chi connectivity index (χ1n) is 9.45. The lowest BCUT2D eigenvalue weighted by atomic mass is 9.99. The van der Waals surface area contributed by atoms with Crippen LogP contribution < -0.4 is 4.74 Å². The highest BCUT2D eigenvalue weighted by Crippen LogP contribution is 2.26. The Bertz CT molecular complexity index is 986. The zero-order valence-corrected chi connectivity index (χ0v) is 17.3. The average Bonchev–Trinajstić information content (AvgIpc) is 3.05. The van der Waals surface area contributed by atoms with Crippen molar-refractivity contribution in [1.82, 2.24) is 9.88 Å². The van der Waals surface area contributed by atoms with Crippen LogP contribution in [0.5, 0.6) is 5.75 Å². The molecular weight excluding hydrogens is 390 g/mol. The fourth-order valence-electron chi connectivity index (χ4n) is 3.55. The highest BCUT2D eigenvalue weighted by Gasteiger charge is 2.31. The summed E-state index contributed by atoms with van der Waals surface area (Å²) in [5.74, 6) is 1.23. The van der Waals surface area contributed by atoms with Gasteiger partial charge in [0.15, 0.2) is 14.9 Å². The zero-order chi connectivity index (χ0) is 21.0. The van der Waals surface area contributed by atoms with Gasteiger partial charge in [0.2, 0.25) is 0 Å². The van der Waals surface area contributed by atoms with Crippen molar-refractivity contribution in [1.29, 1.82) is 5.26 Å². The number of ether oxygens (including phenoxy) is 1. The van der Waals surface area contributed by atoms with Crippen LogP contribution in [0, 0.1) is 23.2 Å². The summed E-state index contributed by atoms with van der Waals surface area (Å²) in [6, 6.07) is 12.2. The van der Waals surface area contributed by atoms with E-state index in [2.05, 4.69) is 22.9 Å². The van der Waals surface area contributed by atoms with Crippen molar-refractivity contribution in [3.63, 3.8) is 0 Å². The van der Waals surface area contributed by atoms with Crippen LogP contribution in [0.3, 0.4) is 0 Å². The van der Waals surface area contributed by atoms with Crippen molar-refractivity contribution in [3.8, 4) is 11.8 Å². The van der Waals surface area contributed by atoms with E-state index >= 15 is 0 Å². The molecule has 1 saturated heterocycles. The maximum Gasteiger partial charge on any atom is 0.192 e. The van der Waals surface area contributed by atoms with E-state index in [1.54, 1.807) is 24.3 Å². The van der Waals surface area contributed by atoms with Crippen LogP contribution in [0.1, 0.15) is 24.2 Å². The van der Waals surface area contributed by atoms with Gasteiger partial charge in [-0.15, -0.1) is 0 Å². The first-order valence-corrected chi connectivity index (χ1v) is 11.3. The number of aliphatic hydroxyl groups is 1. The summed E-state index contributed by atoms with van der Waals surface area (Å²) in [4.78, 5) is 6.14. The number of rotatable bonds is 7. The number of nitriles is 1. The molecule has 1 aromatic carbocycles. The fourth-order valence-corrected chi connectivity index (χ4v) is 4.11. The van der Waals surface area contributed by atoms with Crippen LogP contribution in [0.15, 0.2) is 47.6 Å². The van der Waals surface area contributed by atoms with Gasteiger partial charge in [0.05, 0.1) is 30.5 Å². The van der Waals surface area contributed by atoms with E-state index in [9.17, 15) is 13.5 Å². The minimum atomic E-state index is -3.32. The number of β-amino-alcohol motifs (C(OH)–C–C–N with tert-alkyl or cyclic N) is 1. The minimum Gasteiger partial charge on any atom is -0.492 e. The molecule has 1 aliphatic heterocycles. The highest BCUT2D eigenvalue weighted by molar-refractivity contribution is 7.90. The van der Waals surface area contributed by atoms with Crippen molar-refractivity contribution in [3.05, 3.63) is 53.7 Å². The molecule has 7 nitrogen and oxygen atoms in total. The van der Waals surface area contributed by atoms with E-state index in [0.29, 0.717) is 36.3 Å². The molecule has 0 aliphatic carbocycles. The molecule has 0 bridgehead atoms. The lowest BCUT2D eigenvalue weighted by Gasteiger charge is -2.20. The van der Waals surface area contributed by atoms with E-state index in [4.69, 9.17) is 10.00 Å². The van der Waals surface area contributed by atoms with Crippen molar-refractivity contribution in [2.75, 3.05) is 32.5 Å². The van der Waals surface area contributed by atoms with Gasteiger partial charge < -0.3 is 9.84 Å². The molecule has 1 aromatic heterocycles. The summed E-state index contributed by atoms with van der Waals surface area (Å²) >= 11 is 0. The molecule has 0 spiro atoms. The number of hydrogen-bond acceptors (Lipinski definition) is 7. The molecule has 3 rings (SSSR count). The quantitative estimate of drug-likeness (QED) is 0.738. The number of sulfone groups is 1. The van der Waals surface area contributed by atoms with Crippen LogP contribution in [-0.4, -0.2) is 55.9 Å². The largest absolute Gasteiger partial charge is 0.492 e. The third kappa shape index (κ3) is 5.54. The van der Waals surface area contributed by atoms with Gasteiger partial charge in [-0.1, -0.05) is 19.1 Å². The molecule has 1 N–H and O–H groups in total. The Morgan fingerprint density at radius 2 is 2.14 bits per heavy atom. The summed E-state index contributed by atoms with van der Waals surface area (Å²) in [6.07, 6.45) is 1.90. The second-order valence-electron chi connectivity index (χ2n) is 7.62. The normalized spacial score (nSPS) is 20.9. The molecule has 0 radical (unpaired) electrons. The first-order chi connectivity index (χ1) is 13.8. The molecule has 2 aromatic rings. The number of hydrogen-bond donors (Lipinski definition) is 1. The van der Waals surface area contributed by atoms with Crippen molar-refractivity contribution in [2.45, 2.75) is 18.1 Å². The number of pyridine rings is 1. The molecule has 2 heterocycles. The van der Waals surface area contributed by atoms with Crippen LogP contribution in [0.2, 0.25) is 0 Å². The maximum atomic E-state index is 11.5. The Labute approximate surface area is 171 Å². The summed E-state index contributed by atoms with van der Waals surface area (Å²) < 4.78 is 28.8. The van der Waals surface area contributed by atoms with Gasteiger partial charge in [-0.2, -0.15) is 5.26 Å². The summed E-state index contributed by atoms with van der Waals surface area (Å²) in [7, 11) is -3.32. The van der Waals surface area contributed by atoms with Gasteiger partial charge in [-0.3, -0.25) is 4.90 Å². The lowest BCUT2D eigenvalue weighted by Crippen LogP contribution is -2.27. The molecule has 29 heavy (non-hydrogen) atoms. The predicted molar refractivity (Wildman–Crippen MR) is 108 cm³/mol. The minimum absolute atomic E-state index is 0.0275. The lowest BCUT2D eigenvalue weighted by molar-refractivity contribution is 0.121. The van der Waals surface area contributed by atoms with Crippen molar-refractivity contribution in [2.24, 2.45) is 11.8 Å². The Hall–Kier alpha value is -2.47. The Morgan fingerprint density at radius 3 is 2.79 bits per heavy atom. The van der Waals surface area contributed by atoms with E-state index < -0.39 is 15.9 Å². The maximum absolute atomic E-state index is 11.5. The number of benzene rings is 1. The Kier molecular flexibility index (Phi) is 6.52. The van der Waals surface area contributed by atoms with Crippen LogP contribution in [0.4, 0.5) is 0 Å². The smallest absolute Gasteiger partial charge is 0.192 e. The summed E-state index contributed by atoms with van der Waals surface area (Å²) in [5, 5.41) is 19.6. The number of nitrogens with zero attached hydrogens (tertiary/aromatic N) is 3. The summed E-state index contributed by atoms with van der Waals surface area (Å²) in [5.41, 5.74) is 1.28. The van der Waals surface area contributed by atoms with Gasteiger partial charge in [-0.25, -0.2) is 13.4 Å². The van der Waals surface area contributed by atoms with Crippen molar-refractivity contribution < 1.29 is 18.3 Å². The topological polar surface area (TPSA) is 104 Å². The van der Waals surface area contributed by atoms with E-state index in [1.807, 2.05) is 6.07 Å². The van der Waals surface area contributed by atoms with Crippen LogP contribution >= 0.6 is 0 Å². The molecule has 8 heteroatoms. The molecule has 1 fully saturated rings. The van der Waals surface area contributed by atoms with Gasteiger partial charge in [0, 0.05) is 31.8 Å². The van der Waals surface area contributed by atoms with Crippen molar-refractivity contribution >= 4 is 9.84 Å². The van der Waals surface area contributed by atoms with Gasteiger partial charge in [0.1, 0.15) is 5.75 Å². The molecule has 0 unspecified atom stereocenters. The molecule has 154 valence electrons. The van der Waals surface area contributed by atoms with Crippen LogP contribution in [-0.2, 0) is 9.84 Å². The molecule has 0 amide bonds. The second kappa shape index (κ2) is 8.91. The number of aromatic nitrogens is 1. The second-order valence-corrected chi connectivity index (χ2v) is 9.59. The van der Waals surface area contributed by atoms with E-state index in [0.717, 1.165) is 24.9 Å². The molecule has 1 aliphatic rings. The highest BCUT2D eigenvalue weighted by atomic mass is 32.2. The molecule has 0 saturated carbocycles. The van der Waals surface area contributed by atoms with E-state index in [1.165, 1.54) is 12.3 Å². The number of aliphatic hydroxyl groups excluding tert-OH is 1. The Balaban J connectivity index is 1.53. The summed E-state index contributed by atoms with van der Waals surface area (Å²) in [6.45, 7) is 4.80. The standard InChI is InChI=1S/C21H25N3O4S/c1-15-11-24(13-20(25)17-5-3-4-16(8-17)9-22)12-18(15)14-28-19-6-7-21(23-10-19)29(2,26)27/h3-8,10,15,18,20,25H,11-14H2,1-2H3/t15-,18+,20+/m1/s1. The fraction of sp³-hybridized carbons (Fsp3) is 0.429. The van der Waals surface area contributed by atoms with Gasteiger partial charge in [0.25, 0.3) is 0 Å². The Morgan fingerprint density at radius 1 is 1.34 bits per heavy atom. The first kappa shape index (κ1) is 21.2. The molecule has 3 atom stereocenters. The average molecular weight is 416 g/mol. The monoisotopic (exact) mass is 415 g/mol. The third-order valence-electron chi connectivity index (χ3n) is 5.23. The third-order valence-corrected chi connectivity index (χ3v) is 6.23. The zero-order valence-electron chi connectivity index (χ0n) is 16.5. The predicted octanol–water partition coefficient (Wildman–Crippen LogP) is 2.04. The van der Waals surface area contributed by atoms with E-state index in [-0.39, 0.29) is 5.03 Å². The SMILES string of the molecule is C[C@@H]1CN(C[C@H](O)c2cccc(C#N)c2)C[C@H]1COc1ccc(S(C)(=O)=O)nc1. The molecular formula is C21H25N3O4S. The van der Waals surface area contributed by atoms with Gasteiger partial charge in [-0.05, 0) is 35.7 Å². The van der Waals surface area contributed by atoms with Crippen LogP contribution in [0.25, 0.3) is 0 Å². The van der Waals surface area contributed by atoms with Gasteiger partial charge >= 0.3 is 0 Å². The number of likely N-dealkylation sites (tertiary alicyclic amines) is 1.